The smallest absolute Gasteiger partial charge is 0.101 e. The monoisotopic (exact) mass is 694 g/mol. The number of rotatable bonds is 2. The van der Waals surface area contributed by atoms with E-state index in [2.05, 4.69) is 164 Å². The fourth-order valence-corrected chi connectivity index (χ4v) is 8.26. The predicted octanol–water partition coefficient (Wildman–Crippen LogP) is 13.5. The van der Waals surface area contributed by atoms with Crippen molar-refractivity contribution in [1.29, 1.82) is 10.5 Å². The molecule has 54 heavy (non-hydrogen) atoms. The van der Waals surface area contributed by atoms with E-state index < -0.39 is 0 Å². The van der Waals surface area contributed by atoms with Gasteiger partial charge in [-0.15, -0.1) is 13.2 Å². The van der Waals surface area contributed by atoms with Crippen molar-refractivity contribution in [3.05, 3.63) is 169 Å². The molecular weight excluding hydrogens is 657 g/mol. The molecule has 0 N–H and O–H groups in total. The standard InChI is InChI=1S/C46H28N4.C2H6.C2H4/c1-27-15-17-43-39(19-27)40-20-28(2)16-18-44(40)50(43)45-23-37-32-10-4-3-9-31(32)35-21-29(25-47)30(26-48)22-36(35)38(37)24-46(45)49-41-13-7-5-11-33(41)34-12-6-8-14-42(34)49;2*1-2/h3-24H,1-2H3;1-2H3;1-2H2. The maximum absolute atomic E-state index is 10.1. The fourth-order valence-electron chi connectivity index (χ4n) is 8.26. The molecule has 0 saturated heterocycles. The first-order valence-electron chi connectivity index (χ1n) is 18.3. The molecule has 0 spiro atoms. The number of hydrogen-bond donors (Lipinski definition) is 0. The molecule has 2 heterocycles. The summed E-state index contributed by atoms with van der Waals surface area (Å²) in [4.78, 5) is 0. The third-order valence-corrected chi connectivity index (χ3v) is 10.4. The van der Waals surface area contributed by atoms with Crippen LogP contribution in [0.15, 0.2) is 147 Å². The van der Waals surface area contributed by atoms with E-state index in [0.717, 1.165) is 65.8 Å². The molecule has 0 bridgehead atoms. The van der Waals surface area contributed by atoms with Gasteiger partial charge in [-0.1, -0.05) is 97.8 Å². The predicted molar refractivity (Wildman–Crippen MR) is 229 cm³/mol. The largest absolute Gasteiger partial charge is 0.307 e. The third kappa shape index (κ3) is 4.96. The fraction of sp³-hybridized carbons (Fsp3) is 0.0800. The first-order valence-corrected chi connectivity index (χ1v) is 18.3. The molecule has 4 nitrogen and oxygen atoms in total. The zero-order valence-electron chi connectivity index (χ0n) is 30.9. The second kappa shape index (κ2) is 13.4. The Balaban J connectivity index is 0.00000100. The Labute approximate surface area is 314 Å². The summed E-state index contributed by atoms with van der Waals surface area (Å²) in [7, 11) is 0. The van der Waals surface area contributed by atoms with E-state index in [-0.39, 0.29) is 0 Å². The van der Waals surface area contributed by atoms with Crippen LogP contribution in [0.25, 0.3) is 87.3 Å². The second-order valence-corrected chi connectivity index (χ2v) is 13.3. The van der Waals surface area contributed by atoms with Crippen LogP contribution in [0.2, 0.25) is 0 Å². The van der Waals surface area contributed by atoms with Crippen molar-refractivity contribution >= 4 is 75.9 Å². The average molecular weight is 695 g/mol. The maximum atomic E-state index is 10.1. The summed E-state index contributed by atoms with van der Waals surface area (Å²) in [6.45, 7) is 14.3. The highest BCUT2D eigenvalue weighted by molar-refractivity contribution is 6.27. The van der Waals surface area contributed by atoms with Gasteiger partial charge in [0.05, 0.1) is 44.6 Å². The molecule has 0 aliphatic carbocycles. The van der Waals surface area contributed by atoms with Gasteiger partial charge in [0.15, 0.2) is 0 Å². The van der Waals surface area contributed by atoms with Gasteiger partial charge >= 0.3 is 0 Å². The van der Waals surface area contributed by atoms with E-state index >= 15 is 0 Å². The van der Waals surface area contributed by atoms with E-state index in [1.54, 1.807) is 0 Å². The van der Waals surface area contributed by atoms with Crippen molar-refractivity contribution in [3.63, 3.8) is 0 Å². The number of para-hydroxylation sites is 2. The zero-order chi connectivity index (χ0) is 37.7. The summed E-state index contributed by atoms with van der Waals surface area (Å²) in [5, 5.41) is 31.2. The van der Waals surface area contributed by atoms with E-state index in [1.165, 1.54) is 32.7 Å². The summed E-state index contributed by atoms with van der Waals surface area (Å²) in [5.41, 5.74) is 9.86. The number of fused-ring (bicyclic) bond motifs is 12. The van der Waals surface area contributed by atoms with Crippen LogP contribution in [0.1, 0.15) is 36.1 Å². The topological polar surface area (TPSA) is 57.4 Å². The van der Waals surface area contributed by atoms with Crippen LogP contribution in [-0.4, -0.2) is 9.13 Å². The number of benzene rings is 8. The number of aromatic nitrogens is 2. The lowest BCUT2D eigenvalue weighted by Crippen LogP contribution is -2.04. The number of aryl methyl sites for hydroxylation is 2. The molecule has 0 unspecified atom stereocenters. The summed E-state index contributed by atoms with van der Waals surface area (Å²) in [5.74, 6) is 0. The van der Waals surface area contributed by atoms with Crippen molar-refractivity contribution in [3.8, 4) is 23.5 Å². The molecule has 8 aromatic carbocycles. The minimum absolute atomic E-state index is 0.382. The summed E-state index contributed by atoms with van der Waals surface area (Å²) in [6.07, 6.45) is 0. The van der Waals surface area contributed by atoms with Crippen molar-refractivity contribution in [2.24, 2.45) is 0 Å². The van der Waals surface area contributed by atoms with E-state index in [4.69, 9.17) is 0 Å². The summed E-state index contributed by atoms with van der Waals surface area (Å²) in [6, 6.07) is 52.2. The van der Waals surface area contributed by atoms with Crippen LogP contribution < -0.4 is 0 Å². The number of nitrogens with zero attached hydrogens (tertiary/aromatic N) is 4. The van der Waals surface area contributed by atoms with Gasteiger partial charge in [0.2, 0.25) is 0 Å². The van der Waals surface area contributed by atoms with Crippen LogP contribution in [0.4, 0.5) is 0 Å². The van der Waals surface area contributed by atoms with Gasteiger partial charge in [0.25, 0.3) is 0 Å². The molecule has 0 amide bonds. The minimum atomic E-state index is 0.382. The second-order valence-electron chi connectivity index (χ2n) is 13.3. The molecule has 0 saturated carbocycles. The molecule has 4 heteroatoms. The quantitative estimate of drug-likeness (QED) is 0.134. The highest BCUT2D eigenvalue weighted by Crippen LogP contribution is 2.44. The molecule has 0 aliphatic heterocycles. The normalized spacial score (nSPS) is 11.1. The SMILES string of the molecule is C=C.CC.Cc1ccc2c(c1)c1cc(C)ccc1n2-c1cc2c3ccccc3c3cc(C#N)c(C#N)cc3c2cc1-n1c2ccccc2c2ccccc21. The Morgan fingerprint density at radius 3 is 1.15 bits per heavy atom. The van der Waals surface area contributed by atoms with Gasteiger partial charge in [0, 0.05) is 21.5 Å². The van der Waals surface area contributed by atoms with Crippen LogP contribution in [0.5, 0.6) is 0 Å². The van der Waals surface area contributed by atoms with Gasteiger partial charge in [-0.3, -0.25) is 0 Å². The zero-order valence-corrected chi connectivity index (χ0v) is 30.9. The first kappa shape index (κ1) is 34.0. The van der Waals surface area contributed by atoms with Crippen molar-refractivity contribution in [2.45, 2.75) is 27.7 Å². The molecule has 0 fully saturated rings. The van der Waals surface area contributed by atoms with Gasteiger partial charge in [0.1, 0.15) is 12.1 Å². The van der Waals surface area contributed by atoms with Gasteiger partial charge < -0.3 is 9.13 Å². The first-order chi connectivity index (χ1) is 26.5. The highest BCUT2D eigenvalue weighted by Gasteiger charge is 2.22. The Morgan fingerprint density at radius 1 is 0.389 bits per heavy atom. The number of nitriles is 2. The summed E-state index contributed by atoms with van der Waals surface area (Å²) >= 11 is 0. The van der Waals surface area contributed by atoms with Crippen molar-refractivity contribution in [1.82, 2.24) is 9.13 Å². The van der Waals surface area contributed by atoms with E-state index in [1.807, 2.05) is 32.0 Å². The molecular formula is C50H38N4. The molecule has 0 atom stereocenters. The van der Waals surface area contributed by atoms with Crippen molar-refractivity contribution < 1.29 is 0 Å². The summed E-state index contributed by atoms with van der Waals surface area (Å²) < 4.78 is 4.83. The molecule has 0 aliphatic rings. The third-order valence-electron chi connectivity index (χ3n) is 10.4. The Bertz CT molecular complexity index is 3100. The van der Waals surface area contributed by atoms with Gasteiger partial charge in [-0.05, 0) is 107 Å². The van der Waals surface area contributed by atoms with Gasteiger partial charge in [-0.2, -0.15) is 10.5 Å². The molecule has 2 aromatic heterocycles. The lowest BCUT2D eigenvalue weighted by atomic mass is 9.91. The maximum Gasteiger partial charge on any atom is 0.101 e. The molecule has 10 rings (SSSR count). The van der Waals surface area contributed by atoms with E-state index in [0.29, 0.717) is 11.1 Å². The Morgan fingerprint density at radius 2 is 0.722 bits per heavy atom. The average Bonchev–Trinajstić information content (AvgIpc) is 3.73. The van der Waals surface area contributed by atoms with Crippen molar-refractivity contribution in [2.75, 3.05) is 0 Å². The van der Waals surface area contributed by atoms with Crippen LogP contribution in [0.3, 0.4) is 0 Å². The molecule has 10 aromatic rings. The van der Waals surface area contributed by atoms with Gasteiger partial charge in [-0.25, -0.2) is 0 Å². The lowest BCUT2D eigenvalue weighted by molar-refractivity contribution is 1.10. The van der Waals surface area contributed by atoms with E-state index in [9.17, 15) is 10.5 Å². The van der Waals surface area contributed by atoms with Crippen LogP contribution in [0, 0.1) is 36.5 Å². The minimum Gasteiger partial charge on any atom is -0.307 e. The Kier molecular flexibility index (Phi) is 8.46. The van der Waals surface area contributed by atoms with Crippen LogP contribution in [-0.2, 0) is 0 Å². The molecule has 258 valence electrons. The lowest BCUT2D eigenvalue weighted by Gasteiger charge is -2.20. The van der Waals surface area contributed by atoms with Crippen LogP contribution >= 0.6 is 0 Å². The number of hydrogen-bond acceptors (Lipinski definition) is 2. The Hall–Kier alpha value is -7.14. The highest BCUT2D eigenvalue weighted by atomic mass is 15.1. The molecule has 0 radical (unpaired) electrons.